The molecular formula is C10H11ClN6O. The van der Waals surface area contributed by atoms with E-state index >= 15 is 0 Å². The summed E-state index contributed by atoms with van der Waals surface area (Å²) in [6.45, 7) is 1.13. The molecule has 1 amide bonds. The molecule has 0 radical (unpaired) electrons. The van der Waals surface area contributed by atoms with Gasteiger partial charge in [0.05, 0.1) is 6.20 Å². The van der Waals surface area contributed by atoms with E-state index in [0.29, 0.717) is 13.1 Å². The number of H-pyrrole nitrogens is 2. The van der Waals surface area contributed by atoms with Crippen molar-refractivity contribution in [2.75, 3.05) is 12.3 Å². The first kappa shape index (κ1) is 11.1. The summed E-state index contributed by atoms with van der Waals surface area (Å²) in [6, 6.07) is 0. The van der Waals surface area contributed by atoms with Crippen molar-refractivity contribution in [1.29, 1.82) is 0 Å². The van der Waals surface area contributed by atoms with Crippen LogP contribution in [-0.4, -0.2) is 37.7 Å². The van der Waals surface area contributed by atoms with Gasteiger partial charge < -0.3 is 10.6 Å². The molecule has 8 heteroatoms. The van der Waals surface area contributed by atoms with Crippen molar-refractivity contribution in [2.45, 2.75) is 13.0 Å². The second kappa shape index (κ2) is 4.02. The number of amides is 1. The number of halogens is 1. The number of anilines is 1. The number of hydrogen-bond donors (Lipinski definition) is 3. The van der Waals surface area contributed by atoms with Gasteiger partial charge in [0.25, 0.3) is 5.91 Å². The molecule has 0 bridgehead atoms. The SMILES string of the molecule is Nc1n[nH]c(C(=O)N2CCc3[nH]ncc3C2)c1Cl. The van der Waals surface area contributed by atoms with Crippen molar-refractivity contribution in [1.82, 2.24) is 25.3 Å². The van der Waals surface area contributed by atoms with Gasteiger partial charge in [-0.3, -0.25) is 15.0 Å². The number of carbonyl (C=O) groups is 1. The van der Waals surface area contributed by atoms with Crippen LogP contribution in [-0.2, 0) is 13.0 Å². The maximum absolute atomic E-state index is 12.2. The largest absolute Gasteiger partial charge is 0.381 e. The lowest BCUT2D eigenvalue weighted by molar-refractivity contribution is 0.0728. The van der Waals surface area contributed by atoms with Crippen LogP contribution in [0.5, 0.6) is 0 Å². The Morgan fingerprint density at radius 3 is 3.06 bits per heavy atom. The van der Waals surface area contributed by atoms with Crippen LogP contribution in [0, 0.1) is 0 Å². The first-order valence-electron chi connectivity index (χ1n) is 5.46. The van der Waals surface area contributed by atoms with Gasteiger partial charge in [-0.2, -0.15) is 10.2 Å². The number of nitrogen functional groups attached to an aromatic ring is 1. The zero-order chi connectivity index (χ0) is 12.7. The lowest BCUT2D eigenvalue weighted by Crippen LogP contribution is -2.36. The monoisotopic (exact) mass is 266 g/mol. The molecule has 2 aromatic heterocycles. The summed E-state index contributed by atoms with van der Waals surface area (Å²) in [6.07, 6.45) is 2.49. The molecule has 3 rings (SSSR count). The summed E-state index contributed by atoms with van der Waals surface area (Å²) in [5.74, 6) is -0.0583. The Hall–Kier alpha value is -2.02. The van der Waals surface area contributed by atoms with E-state index in [1.165, 1.54) is 0 Å². The zero-order valence-corrected chi connectivity index (χ0v) is 10.2. The Morgan fingerprint density at radius 1 is 1.50 bits per heavy atom. The molecular weight excluding hydrogens is 256 g/mol. The van der Waals surface area contributed by atoms with Crippen LogP contribution in [0.25, 0.3) is 0 Å². The minimum absolute atomic E-state index is 0.140. The van der Waals surface area contributed by atoms with Crippen molar-refractivity contribution in [3.63, 3.8) is 0 Å². The molecule has 18 heavy (non-hydrogen) atoms. The Kier molecular flexibility index (Phi) is 2.48. The Balaban J connectivity index is 1.85. The van der Waals surface area contributed by atoms with Gasteiger partial charge in [-0.1, -0.05) is 11.6 Å². The van der Waals surface area contributed by atoms with Crippen molar-refractivity contribution in [3.8, 4) is 0 Å². The van der Waals surface area contributed by atoms with Crippen LogP contribution in [0.4, 0.5) is 5.82 Å². The quantitative estimate of drug-likeness (QED) is 0.702. The van der Waals surface area contributed by atoms with E-state index in [0.717, 1.165) is 17.7 Å². The zero-order valence-electron chi connectivity index (χ0n) is 9.40. The first-order chi connectivity index (χ1) is 8.66. The third-order valence-electron chi connectivity index (χ3n) is 3.03. The number of fused-ring (bicyclic) bond motifs is 1. The molecule has 0 saturated carbocycles. The van der Waals surface area contributed by atoms with E-state index < -0.39 is 0 Å². The maximum atomic E-state index is 12.2. The average molecular weight is 267 g/mol. The van der Waals surface area contributed by atoms with Crippen LogP contribution < -0.4 is 5.73 Å². The van der Waals surface area contributed by atoms with Gasteiger partial charge in [0, 0.05) is 30.8 Å². The Bertz CT molecular complexity index is 603. The third kappa shape index (κ3) is 1.63. The second-order valence-electron chi connectivity index (χ2n) is 4.15. The van der Waals surface area contributed by atoms with Gasteiger partial charge in [0.1, 0.15) is 10.7 Å². The van der Waals surface area contributed by atoms with Crippen LogP contribution in [0.3, 0.4) is 0 Å². The van der Waals surface area contributed by atoms with Gasteiger partial charge in [-0.05, 0) is 0 Å². The molecule has 0 atom stereocenters. The molecule has 0 aromatic carbocycles. The van der Waals surface area contributed by atoms with Gasteiger partial charge in [-0.15, -0.1) is 0 Å². The number of nitrogens with two attached hydrogens (primary N) is 1. The average Bonchev–Trinajstić information content (AvgIpc) is 2.96. The molecule has 94 valence electrons. The van der Waals surface area contributed by atoms with E-state index in [9.17, 15) is 4.79 Å². The third-order valence-corrected chi connectivity index (χ3v) is 3.42. The smallest absolute Gasteiger partial charge is 0.273 e. The fourth-order valence-corrected chi connectivity index (χ4v) is 2.20. The summed E-state index contributed by atoms with van der Waals surface area (Å²) in [5, 5.41) is 13.3. The van der Waals surface area contributed by atoms with E-state index in [1.807, 2.05) is 0 Å². The molecule has 1 aliphatic heterocycles. The molecule has 0 spiro atoms. The van der Waals surface area contributed by atoms with Crippen molar-refractivity contribution >= 4 is 23.3 Å². The summed E-state index contributed by atoms with van der Waals surface area (Å²) in [4.78, 5) is 13.9. The highest BCUT2D eigenvalue weighted by Crippen LogP contribution is 2.24. The molecule has 3 heterocycles. The molecule has 0 aliphatic carbocycles. The van der Waals surface area contributed by atoms with Crippen LogP contribution in [0.2, 0.25) is 5.02 Å². The highest BCUT2D eigenvalue weighted by molar-refractivity contribution is 6.35. The topological polar surface area (TPSA) is 104 Å². The molecule has 2 aromatic rings. The van der Waals surface area contributed by atoms with Gasteiger partial charge in [0.2, 0.25) is 0 Å². The lowest BCUT2D eigenvalue weighted by Gasteiger charge is -2.26. The van der Waals surface area contributed by atoms with E-state index in [-0.39, 0.29) is 22.4 Å². The molecule has 0 fully saturated rings. The Morgan fingerprint density at radius 2 is 2.33 bits per heavy atom. The minimum atomic E-state index is -0.198. The molecule has 0 saturated heterocycles. The normalized spacial score (nSPS) is 14.6. The summed E-state index contributed by atoms with van der Waals surface area (Å²) in [5.41, 5.74) is 7.85. The van der Waals surface area contributed by atoms with E-state index in [2.05, 4.69) is 20.4 Å². The molecule has 1 aliphatic rings. The molecule has 7 nitrogen and oxygen atoms in total. The number of nitrogens with zero attached hydrogens (tertiary/aromatic N) is 3. The second-order valence-corrected chi connectivity index (χ2v) is 4.53. The number of aromatic amines is 2. The lowest BCUT2D eigenvalue weighted by atomic mass is 10.1. The van der Waals surface area contributed by atoms with Crippen LogP contribution in [0.15, 0.2) is 6.20 Å². The summed E-state index contributed by atoms with van der Waals surface area (Å²) >= 11 is 5.92. The maximum Gasteiger partial charge on any atom is 0.273 e. The van der Waals surface area contributed by atoms with Crippen LogP contribution in [0.1, 0.15) is 21.7 Å². The summed E-state index contributed by atoms with van der Waals surface area (Å²) in [7, 11) is 0. The fraction of sp³-hybridized carbons (Fsp3) is 0.300. The van der Waals surface area contributed by atoms with Crippen molar-refractivity contribution in [3.05, 3.63) is 28.2 Å². The number of aromatic nitrogens is 4. The summed E-state index contributed by atoms with van der Waals surface area (Å²) < 4.78 is 0. The predicted molar refractivity (Wildman–Crippen MR) is 65.0 cm³/mol. The predicted octanol–water partition coefficient (Wildman–Crippen LogP) is 0.567. The fourth-order valence-electron chi connectivity index (χ4n) is 2.04. The van der Waals surface area contributed by atoms with Gasteiger partial charge in [-0.25, -0.2) is 0 Å². The molecule has 4 N–H and O–H groups in total. The number of nitrogens with one attached hydrogen (secondary N) is 2. The van der Waals surface area contributed by atoms with Crippen molar-refractivity contribution < 1.29 is 4.79 Å². The number of rotatable bonds is 1. The van der Waals surface area contributed by atoms with Crippen molar-refractivity contribution in [2.24, 2.45) is 0 Å². The van der Waals surface area contributed by atoms with Gasteiger partial charge >= 0.3 is 0 Å². The van der Waals surface area contributed by atoms with E-state index in [4.69, 9.17) is 17.3 Å². The van der Waals surface area contributed by atoms with Crippen LogP contribution >= 0.6 is 11.6 Å². The highest BCUT2D eigenvalue weighted by Gasteiger charge is 2.26. The first-order valence-corrected chi connectivity index (χ1v) is 5.84. The number of hydrogen-bond acceptors (Lipinski definition) is 4. The number of carbonyl (C=O) groups excluding carboxylic acids is 1. The highest BCUT2D eigenvalue weighted by atomic mass is 35.5. The Labute approximate surface area is 107 Å². The van der Waals surface area contributed by atoms with Gasteiger partial charge in [0.15, 0.2) is 5.82 Å². The standard InChI is InChI=1S/C10H11ClN6O/c11-7-8(15-16-9(7)12)10(18)17-2-1-6-5(4-17)3-13-14-6/h3H,1-2,4H2,(H,13,14)(H3,12,15,16). The molecule has 0 unspecified atom stereocenters. The van der Waals surface area contributed by atoms with E-state index in [1.54, 1.807) is 11.1 Å². The minimum Gasteiger partial charge on any atom is -0.381 e.